The van der Waals surface area contributed by atoms with Gasteiger partial charge < -0.3 is 15.3 Å². The van der Waals surface area contributed by atoms with E-state index in [1.807, 2.05) is 6.07 Å². The summed E-state index contributed by atoms with van der Waals surface area (Å²) in [4.78, 5) is 11.4. The van der Waals surface area contributed by atoms with Crippen molar-refractivity contribution in [1.82, 2.24) is 0 Å². The van der Waals surface area contributed by atoms with E-state index in [9.17, 15) is 9.90 Å². The van der Waals surface area contributed by atoms with Crippen molar-refractivity contribution in [3.63, 3.8) is 0 Å². The molecule has 0 saturated heterocycles. The molecule has 8 atom stereocenters. The molecule has 1 aromatic heterocycles. The maximum absolute atomic E-state index is 12.2. The fourth-order valence-electron chi connectivity index (χ4n) is 8.36. The molecule has 0 spiro atoms. The zero-order valence-electron chi connectivity index (χ0n) is 17.3. The van der Waals surface area contributed by atoms with E-state index in [2.05, 4.69) is 13.8 Å². The molecule has 4 heteroatoms. The fraction of sp³-hybridized carbons (Fsp3) is 0.792. The van der Waals surface area contributed by atoms with Gasteiger partial charge in [0.2, 0.25) is 0 Å². The highest BCUT2D eigenvalue weighted by Crippen LogP contribution is 2.70. The molecule has 3 N–H and O–H groups in total. The van der Waals surface area contributed by atoms with E-state index in [1.165, 1.54) is 31.7 Å². The van der Waals surface area contributed by atoms with Gasteiger partial charge in [-0.15, -0.1) is 0 Å². The molecule has 1 unspecified atom stereocenters. The Morgan fingerprint density at radius 1 is 1.04 bits per heavy atom. The van der Waals surface area contributed by atoms with Crippen molar-refractivity contribution in [2.45, 2.75) is 89.2 Å². The molecule has 0 radical (unpaired) electrons. The lowest BCUT2D eigenvalue weighted by molar-refractivity contribution is -0.201. The molecule has 4 aliphatic carbocycles. The minimum Gasteiger partial charge on any atom is -0.431 e. The van der Waals surface area contributed by atoms with Gasteiger partial charge >= 0.3 is 5.63 Å². The van der Waals surface area contributed by atoms with Crippen LogP contribution in [0.4, 0.5) is 0 Å². The van der Waals surface area contributed by atoms with E-state index in [4.69, 9.17) is 10.2 Å². The number of aliphatic hydroxyl groups is 1. The highest BCUT2D eigenvalue weighted by Gasteiger charge is 2.67. The van der Waals surface area contributed by atoms with Crippen molar-refractivity contribution in [2.24, 2.45) is 34.3 Å². The van der Waals surface area contributed by atoms with Gasteiger partial charge in [0.1, 0.15) is 0 Å². The minimum atomic E-state index is -0.607. The molecular formula is C24H35NO3. The Kier molecular flexibility index (Phi) is 4.17. The zero-order valence-corrected chi connectivity index (χ0v) is 17.3. The highest BCUT2D eigenvalue weighted by molar-refractivity contribution is 5.27. The summed E-state index contributed by atoms with van der Waals surface area (Å²) in [5.74, 6) is 2.01. The van der Waals surface area contributed by atoms with E-state index in [1.54, 1.807) is 6.26 Å². The third-order valence-electron chi connectivity index (χ3n) is 10.0. The summed E-state index contributed by atoms with van der Waals surface area (Å²) in [5.41, 5.74) is 6.70. The highest BCUT2D eigenvalue weighted by atomic mass is 16.4. The summed E-state index contributed by atoms with van der Waals surface area (Å²) in [5, 5.41) is 12.2. The first-order valence-electron chi connectivity index (χ1n) is 11.3. The summed E-state index contributed by atoms with van der Waals surface area (Å²) in [6.07, 6.45) is 11.6. The van der Waals surface area contributed by atoms with Crippen LogP contribution in [0, 0.1) is 28.6 Å². The van der Waals surface area contributed by atoms with Crippen molar-refractivity contribution >= 4 is 0 Å². The molecule has 0 bridgehead atoms. The van der Waals surface area contributed by atoms with Crippen LogP contribution in [0.15, 0.2) is 27.6 Å². The number of rotatable bonds is 1. The van der Waals surface area contributed by atoms with E-state index in [0.717, 1.165) is 43.6 Å². The molecular weight excluding hydrogens is 350 g/mol. The van der Waals surface area contributed by atoms with Gasteiger partial charge in [0, 0.05) is 17.5 Å². The van der Waals surface area contributed by atoms with Gasteiger partial charge in [0.15, 0.2) is 0 Å². The second-order valence-electron chi connectivity index (χ2n) is 10.9. The van der Waals surface area contributed by atoms with Crippen molar-refractivity contribution in [3.05, 3.63) is 34.4 Å². The lowest BCUT2D eigenvalue weighted by Gasteiger charge is -2.63. The van der Waals surface area contributed by atoms with E-state index < -0.39 is 5.60 Å². The Balaban J connectivity index is 1.48. The number of fused-ring (bicyclic) bond motifs is 5. The number of hydrogen-bond acceptors (Lipinski definition) is 4. The Labute approximate surface area is 167 Å². The third kappa shape index (κ3) is 2.40. The normalized spacial score (nSPS) is 50.5. The van der Waals surface area contributed by atoms with Crippen LogP contribution in [0.1, 0.15) is 83.1 Å². The Morgan fingerprint density at radius 3 is 2.61 bits per heavy atom. The van der Waals surface area contributed by atoms with Gasteiger partial charge in [-0.3, -0.25) is 0 Å². The molecule has 1 heterocycles. The van der Waals surface area contributed by atoms with Crippen LogP contribution in [-0.4, -0.2) is 16.7 Å². The molecule has 0 aromatic carbocycles. The smallest absolute Gasteiger partial charge is 0.335 e. The molecule has 4 fully saturated rings. The maximum Gasteiger partial charge on any atom is 0.335 e. The number of hydrogen-bond donors (Lipinski definition) is 2. The lowest BCUT2D eigenvalue weighted by atomic mass is 9.43. The van der Waals surface area contributed by atoms with Crippen LogP contribution in [0.5, 0.6) is 0 Å². The van der Waals surface area contributed by atoms with Gasteiger partial charge in [-0.1, -0.05) is 13.8 Å². The molecule has 1 aromatic rings. The summed E-state index contributed by atoms with van der Waals surface area (Å²) in [7, 11) is 0. The summed E-state index contributed by atoms with van der Waals surface area (Å²) in [6, 6.07) is 3.81. The van der Waals surface area contributed by atoms with E-state index in [-0.39, 0.29) is 17.0 Å². The summed E-state index contributed by atoms with van der Waals surface area (Å²) in [6.45, 7) is 4.81. The van der Waals surface area contributed by atoms with Crippen molar-refractivity contribution < 1.29 is 9.52 Å². The first-order chi connectivity index (χ1) is 13.3. The van der Waals surface area contributed by atoms with Crippen molar-refractivity contribution in [1.29, 1.82) is 0 Å². The average molecular weight is 386 g/mol. The number of nitrogens with two attached hydrogens (primary N) is 1. The third-order valence-corrected chi connectivity index (χ3v) is 10.0. The predicted molar refractivity (Wildman–Crippen MR) is 109 cm³/mol. The molecule has 154 valence electrons. The first kappa shape index (κ1) is 18.9. The van der Waals surface area contributed by atoms with E-state index >= 15 is 0 Å². The minimum absolute atomic E-state index is 0.137. The Hall–Kier alpha value is -1.13. The van der Waals surface area contributed by atoms with E-state index in [0.29, 0.717) is 23.3 Å². The Bertz CT molecular complexity index is 800. The lowest BCUT2D eigenvalue weighted by Crippen LogP contribution is -2.62. The van der Waals surface area contributed by atoms with Crippen LogP contribution in [0.3, 0.4) is 0 Å². The standard InChI is InChI=1S/C24H35NO3/c1-22-10-7-17(25)13-16(22)4-5-20-19(22)8-11-23(2)18(9-12-24(20,23)27)15-3-6-21(26)28-14-15/h3,6,14,16-20,27H,4-5,7-13,25H2,1-2H3/t16-,17?,18-,19+,20-,22+,23-,24+/m1/s1. The van der Waals surface area contributed by atoms with Crippen molar-refractivity contribution in [3.8, 4) is 0 Å². The second-order valence-corrected chi connectivity index (χ2v) is 10.9. The molecule has 0 amide bonds. The zero-order chi connectivity index (χ0) is 19.7. The quantitative estimate of drug-likeness (QED) is 0.759. The van der Waals surface area contributed by atoms with Crippen LogP contribution in [-0.2, 0) is 0 Å². The summed E-state index contributed by atoms with van der Waals surface area (Å²) < 4.78 is 5.18. The SMILES string of the molecule is C[C@]12CCC(N)C[C@H]1CC[C@@H]1[C@@H]2CC[C@]2(C)[C@@H](c3ccc(=O)oc3)CC[C@]12O. The van der Waals surface area contributed by atoms with Crippen molar-refractivity contribution in [2.75, 3.05) is 0 Å². The van der Waals surface area contributed by atoms with Crippen LogP contribution in [0.25, 0.3) is 0 Å². The topological polar surface area (TPSA) is 76.5 Å². The second kappa shape index (κ2) is 6.18. The van der Waals surface area contributed by atoms with Gasteiger partial charge in [-0.25, -0.2) is 4.79 Å². The maximum atomic E-state index is 12.2. The molecule has 4 nitrogen and oxygen atoms in total. The van der Waals surface area contributed by atoms with Crippen LogP contribution < -0.4 is 11.4 Å². The molecule has 5 rings (SSSR count). The summed E-state index contributed by atoms with van der Waals surface area (Å²) >= 11 is 0. The monoisotopic (exact) mass is 385 g/mol. The fourth-order valence-corrected chi connectivity index (χ4v) is 8.36. The van der Waals surface area contributed by atoms with Crippen LogP contribution in [0.2, 0.25) is 0 Å². The molecule has 0 aliphatic heterocycles. The largest absolute Gasteiger partial charge is 0.431 e. The molecule has 4 saturated carbocycles. The first-order valence-corrected chi connectivity index (χ1v) is 11.3. The molecule has 4 aliphatic rings. The van der Waals surface area contributed by atoms with Gasteiger partial charge in [-0.05, 0) is 98.5 Å². The Morgan fingerprint density at radius 2 is 1.86 bits per heavy atom. The average Bonchev–Trinajstić information content (AvgIpc) is 2.95. The van der Waals surface area contributed by atoms with Gasteiger partial charge in [0.05, 0.1) is 11.9 Å². The van der Waals surface area contributed by atoms with Gasteiger partial charge in [0.25, 0.3) is 0 Å². The van der Waals surface area contributed by atoms with Crippen LogP contribution >= 0.6 is 0 Å². The van der Waals surface area contributed by atoms with Gasteiger partial charge in [-0.2, -0.15) is 0 Å². The molecule has 28 heavy (non-hydrogen) atoms. The predicted octanol–water partition coefficient (Wildman–Crippen LogP) is 4.21.